The lowest BCUT2D eigenvalue weighted by Gasteiger charge is -2.00. The van der Waals surface area contributed by atoms with E-state index in [-0.39, 0.29) is 5.92 Å². The topological polar surface area (TPSA) is 37.3 Å². The van der Waals surface area contributed by atoms with Crippen molar-refractivity contribution in [1.29, 1.82) is 0 Å². The van der Waals surface area contributed by atoms with Gasteiger partial charge in [-0.2, -0.15) is 0 Å². The Bertz CT molecular complexity index is 148. The molecule has 0 saturated carbocycles. The van der Waals surface area contributed by atoms with Gasteiger partial charge in [-0.15, -0.1) is 0 Å². The van der Waals surface area contributed by atoms with Crippen molar-refractivity contribution in [2.75, 3.05) is 0 Å². The van der Waals surface area contributed by atoms with Gasteiger partial charge in [-0.05, 0) is 12.3 Å². The number of carboxylic acid groups (broad SMARTS) is 1. The van der Waals surface area contributed by atoms with Gasteiger partial charge in [-0.25, -0.2) is 0 Å². The molecule has 0 saturated heterocycles. The van der Waals surface area contributed by atoms with Gasteiger partial charge in [-0.1, -0.05) is 32.9 Å². The summed E-state index contributed by atoms with van der Waals surface area (Å²) < 4.78 is 0. The van der Waals surface area contributed by atoms with E-state index in [0.717, 1.165) is 0 Å². The summed E-state index contributed by atoms with van der Waals surface area (Å²) in [6, 6.07) is 0. The Morgan fingerprint density at radius 2 is 2.00 bits per heavy atom. The summed E-state index contributed by atoms with van der Waals surface area (Å²) in [6.07, 6.45) is 4.59. The van der Waals surface area contributed by atoms with E-state index < -0.39 is 5.97 Å². The Hall–Kier alpha value is -0.790. The molecule has 2 nitrogen and oxygen atoms in total. The maximum Gasteiger partial charge on any atom is 0.306 e. The maximum atomic E-state index is 10.3. The molecule has 0 bridgehead atoms. The van der Waals surface area contributed by atoms with E-state index in [0.29, 0.717) is 12.3 Å². The fourth-order valence-electron chi connectivity index (χ4n) is 0.656. The molecule has 64 valence electrons. The number of hydrogen-bond donors (Lipinski definition) is 1. The van der Waals surface area contributed by atoms with Crippen LogP contribution < -0.4 is 0 Å². The third-order valence-corrected chi connectivity index (χ3v) is 1.43. The fourth-order valence-corrected chi connectivity index (χ4v) is 0.656. The molecular formula is C9H16O2. The highest BCUT2D eigenvalue weighted by atomic mass is 16.4. The average molecular weight is 156 g/mol. The number of aliphatic carboxylic acids is 1. The highest BCUT2D eigenvalue weighted by Crippen LogP contribution is 2.04. The molecule has 11 heavy (non-hydrogen) atoms. The Kier molecular flexibility index (Phi) is 4.59. The van der Waals surface area contributed by atoms with Crippen molar-refractivity contribution in [2.45, 2.75) is 27.2 Å². The van der Waals surface area contributed by atoms with Crippen LogP contribution in [0, 0.1) is 11.8 Å². The van der Waals surface area contributed by atoms with E-state index >= 15 is 0 Å². The summed E-state index contributed by atoms with van der Waals surface area (Å²) in [5, 5.41) is 8.51. The average Bonchev–Trinajstić information content (AvgIpc) is 1.86. The maximum absolute atomic E-state index is 10.3. The summed E-state index contributed by atoms with van der Waals surface area (Å²) >= 11 is 0. The second kappa shape index (κ2) is 4.94. The standard InChI is InChI=1S/C9H16O2/c1-7(2)5-4-6-8(3)9(10)11/h4-5,7-8H,6H2,1-3H3,(H,10,11)/b5-4+. The summed E-state index contributed by atoms with van der Waals surface area (Å²) in [7, 11) is 0. The first kappa shape index (κ1) is 10.2. The van der Waals surface area contributed by atoms with Gasteiger partial charge in [0.2, 0.25) is 0 Å². The van der Waals surface area contributed by atoms with E-state index in [1.165, 1.54) is 0 Å². The molecule has 1 unspecified atom stereocenters. The molecule has 0 aromatic heterocycles. The third-order valence-electron chi connectivity index (χ3n) is 1.43. The lowest BCUT2D eigenvalue weighted by Crippen LogP contribution is -2.07. The highest BCUT2D eigenvalue weighted by Gasteiger charge is 2.07. The number of carbonyl (C=O) groups is 1. The summed E-state index contributed by atoms with van der Waals surface area (Å²) in [6.45, 7) is 5.86. The van der Waals surface area contributed by atoms with Crippen LogP contribution in [0.25, 0.3) is 0 Å². The quantitative estimate of drug-likeness (QED) is 0.634. The van der Waals surface area contributed by atoms with Crippen molar-refractivity contribution in [3.8, 4) is 0 Å². The van der Waals surface area contributed by atoms with Gasteiger partial charge in [0.1, 0.15) is 0 Å². The van der Waals surface area contributed by atoms with Crippen LogP contribution in [0.4, 0.5) is 0 Å². The van der Waals surface area contributed by atoms with E-state index in [1.807, 2.05) is 12.2 Å². The second-order valence-electron chi connectivity index (χ2n) is 3.15. The van der Waals surface area contributed by atoms with Gasteiger partial charge in [0, 0.05) is 0 Å². The van der Waals surface area contributed by atoms with Crippen LogP contribution >= 0.6 is 0 Å². The van der Waals surface area contributed by atoms with Gasteiger partial charge in [-0.3, -0.25) is 4.79 Å². The molecule has 0 aliphatic rings. The largest absolute Gasteiger partial charge is 0.481 e. The van der Waals surface area contributed by atoms with Crippen LogP contribution in [-0.4, -0.2) is 11.1 Å². The van der Waals surface area contributed by atoms with E-state index in [4.69, 9.17) is 5.11 Å². The molecular weight excluding hydrogens is 140 g/mol. The zero-order valence-corrected chi connectivity index (χ0v) is 7.37. The number of allylic oxidation sites excluding steroid dienone is 2. The van der Waals surface area contributed by atoms with Crippen molar-refractivity contribution < 1.29 is 9.90 Å². The molecule has 2 heteroatoms. The molecule has 0 aliphatic carbocycles. The molecule has 0 rings (SSSR count). The molecule has 0 aromatic carbocycles. The molecule has 0 fully saturated rings. The Labute approximate surface area is 67.9 Å². The Morgan fingerprint density at radius 3 is 2.36 bits per heavy atom. The number of carboxylic acids is 1. The minimum Gasteiger partial charge on any atom is -0.481 e. The van der Waals surface area contributed by atoms with Crippen LogP contribution in [0.1, 0.15) is 27.2 Å². The number of rotatable bonds is 4. The molecule has 0 aliphatic heterocycles. The lowest BCUT2D eigenvalue weighted by atomic mass is 10.1. The Balaban J connectivity index is 3.61. The second-order valence-corrected chi connectivity index (χ2v) is 3.15. The van der Waals surface area contributed by atoms with E-state index in [9.17, 15) is 4.79 Å². The minimum atomic E-state index is -0.724. The third kappa shape index (κ3) is 5.64. The normalized spacial score (nSPS) is 14.2. The Morgan fingerprint density at radius 1 is 1.45 bits per heavy atom. The van der Waals surface area contributed by atoms with Crippen molar-refractivity contribution in [3.63, 3.8) is 0 Å². The molecule has 1 atom stereocenters. The van der Waals surface area contributed by atoms with Crippen LogP contribution in [0.5, 0.6) is 0 Å². The van der Waals surface area contributed by atoms with Crippen molar-refractivity contribution >= 4 is 5.97 Å². The van der Waals surface area contributed by atoms with Crippen molar-refractivity contribution in [2.24, 2.45) is 11.8 Å². The molecule has 0 amide bonds. The fraction of sp³-hybridized carbons (Fsp3) is 0.667. The first-order valence-electron chi connectivity index (χ1n) is 3.93. The summed E-state index contributed by atoms with van der Waals surface area (Å²) in [5.74, 6) is -0.473. The summed E-state index contributed by atoms with van der Waals surface area (Å²) in [4.78, 5) is 10.3. The van der Waals surface area contributed by atoms with E-state index in [1.54, 1.807) is 6.92 Å². The van der Waals surface area contributed by atoms with Crippen LogP contribution in [0.3, 0.4) is 0 Å². The van der Waals surface area contributed by atoms with Gasteiger partial charge >= 0.3 is 5.97 Å². The molecule has 0 aromatic rings. The SMILES string of the molecule is CC(C)/C=C/CC(C)C(=O)O. The smallest absolute Gasteiger partial charge is 0.306 e. The van der Waals surface area contributed by atoms with Gasteiger partial charge < -0.3 is 5.11 Å². The van der Waals surface area contributed by atoms with E-state index in [2.05, 4.69) is 13.8 Å². The molecule has 0 heterocycles. The first-order valence-corrected chi connectivity index (χ1v) is 3.93. The number of hydrogen-bond acceptors (Lipinski definition) is 1. The minimum absolute atomic E-state index is 0.259. The molecule has 1 N–H and O–H groups in total. The monoisotopic (exact) mass is 156 g/mol. The van der Waals surface area contributed by atoms with Crippen LogP contribution in [0.15, 0.2) is 12.2 Å². The van der Waals surface area contributed by atoms with Crippen LogP contribution in [0.2, 0.25) is 0 Å². The predicted molar refractivity (Wildman–Crippen MR) is 45.4 cm³/mol. The summed E-state index contributed by atoms with van der Waals surface area (Å²) in [5.41, 5.74) is 0. The predicted octanol–water partition coefficient (Wildman–Crippen LogP) is 2.31. The molecule has 0 radical (unpaired) electrons. The van der Waals surface area contributed by atoms with Crippen LogP contribution in [-0.2, 0) is 4.79 Å². The first-order chi connectivity index (χ1) is 5.04. The lowest BCUT2D eigenvalue weighted by molar-refractivity contribution is -0.140. The molecule has 0 spiro atoms. The zero-order chi connectivity index (χ0) is 8.85. The highest BCUT2D eigenvalue weighted by molar-refractivity contribution is 5.69. The van der Waals surface area contributed by atoms with Gasteiger partial charge in [0.05, 0.1) is 5.92 Å². The van der Waals surface area contributed by atoms with Gasteiger partial charge in [0.25, 0.3) is 0 Å². The van der Waals surface area contributed by atoms with Crippen molar-refractivity contribution in [1.82, 2.24) is 0 Å². The van der Waals surface area contributed by atoms with Crippen molar-refractivity contribution in [3.05, 3.63) is 12.2 Å². The zero-order valence-electron chi connectivity index (χ0n) is 7.37. The van der Waals surface area contributed by atoms with Gasteiger partial charge in [0.15, 0.2) is 0 Å².